The van der Waals surface area contributed by atoms with Crippen LogP contribution in [0.15, 0.2) is 34.8 Å². The summed E-state index contributed by atoms with van der Waals surface area (Å²) >= 11 is 3.14. The van der Waals surface area contributed by atoms with Crippen LogP contribution in [0.3, 0.4) is 0 Å². The molecule has 21 heavy (non-hydrogen) atoms. The number of nitrogens with one attached hydrogen (secondary N) is 1. The highest BCUT2D eigenvalue weighted by Crippen LogP contribution is 2.48. The van der Waals surface area contributed by atoms with E-state index in [2.05, 4.69) is 21.2 Å². The minimum atomic E-state index is -0.969. The van der Waals surface area contributed by atoms with Crippen LogP contribution in [0, 0.1) is 29.5 Å². The predicted octanol–water partition coefficient (Wildman–Crippen LogP) is 3.05. The van der Waals surface area contributed by atoms with E-state index >= 15 is 0 Å². The van der Waals surface area contributed by atoms with Crippen LogP contribution in [0.4, 0.5) is 10.1 Å². The molecule has 1 saturated carbocycles. The van der Waals surface area contributed by atoms with Gasteiger partial charge in [-0.2, -0.15) is 0 Å². The molecule has 0 radical (unpaired) electrons. The number of halogens is 2. The first kappa shape index (κ1) is 14.3. The Morgan fingerprint density at radius 3 is 2.52 bits per heavy atom. The second-order valence-corrected chi connectivity index (χ2v) is 6.37. The third-order valence-electron chi connectivity index (χ3n) is 4.24. The van der Waals surface area contributed by atoms with Gasteiger partial charge < -0.3 is 10.4 Å². The first-order valence-corrected chi connectivity index (χ1v) is 7.43. The van der Waals surface area contributed by atoms with Crippen molar-refractivity contribution in [3.05, 3.63) is 40.6 Å². The fourth-order valence-electron chi connectivity index (χ4n) is 3.32. The maximum absolute atomic E-state index is 13.8. The Balaban J connectivity index is 1.82. The first-order chi connectivity index (χ1) is 9.97. The van der Waals surface area contributed by atoms with Gasteiger partial charge in [0.15, 0.2) is 0 Å². The number of fused-ring (bicyclic) bond motifs is 2. The number of anilines is 1. The normalized spacial score (nSPS) is 29.6. The second kappa shape index (κ2) is 5.26. The van der Waals surface area contributed by atoms with Crippen LogP contribution in [0.25, 0.3) is 0 Å². The summed E-state index contributed by atoms with van der Waals surface area (Å²) in [5.41, 5.74) is 0.0686. The van der Waals surface area contributed by atoms with E-state index in [9.17, 15) is 19.1 Å². The average Bonchev–Trinajstić information content (AvgIpc) is 3.02. The minimum absolute atomic E-state index is 0.0686. The molecular weight excluding hydrogens is 341 g/mol. The Labute approximate surface area is 129 Å². The van der Waals surface area contributed by atoms with E-state index in [4.69, 9.17) is 0 Å². The van der Waals surface area contributed by atoms with E-state index in [0.717, 1.165) is 0 Å². The molecule has 0 heterocycles. The molecule has 4 atom stereocenters. The highest BCUT2D eigenvalue weighted by molar-refractivity contribution is 9.10. The lowest BCUT2D eigenvalue weighted by Gasteiger charge is -2.23. The Kier molecular flexibility index (Phi) is 3.57. The molecule has 4 nitrogen and oxygen atoms in total. The van der Waals surface area contributed by atoms with Gasteiger partial charge in [-0.15, -0.1) is 0 Å². The lowest BCUT2D eigenvalue weighted by atomic mass is 9.82. The summed E-state index contributed by atoms with van der Waals surface area (Å²) in [5, 5.41) is 11.8. The molecule has 1 aromatic carbocycles. The number of hydrogen-bond acceptors (Lipinski definition) is 2. The number of aliphatic carboxylic acids is 1. The van der Waals surface area contributed by atoms with Crippen LogP contribution in [0.5, 0.6) is 0 Å². The molecule has 1 amide bonds. The summed E-state index contributed by atoms with van der Waals surface area (Å²) < 4.78 is 14.3. The van der Waals surface area contributed by atoms with Gasteiger partial charge in [0.25, 0.3) is 0 Å². The van der Waals surface area contributed by atoms with E-state index in [1.807, 2.05) is 12.2 Å². The van der Waals surface area contributed by atoms with Gasteiger partial charge in [0.05, 0.1) is 17.5 Å². The van der Waals surface area contributed by atoms with Crippen molar-refractivity contribution in [2.24, 2.45) is 23.7 Å². The summed E-state index contributed by atoms with van der Waals surface area (Å²) in [7, 11) is 0. The number of benzene rings is 1. The average molecular weight is 354 g/mol. The molecule has 0 spiro atoms. The zero-order chi connectivity index (χ0) is 15.1. The lowest BCUT2D eigenvalue weighted by Crippen LogP contribution is -2.36. The number of carboxylic acids is 1. The molecule has 2 aliphatic rings. The quantitative estimate of drug-likeness (QED) is 0.820. The molecular formula is C15H13BrFNO3. The molecule has 6 heteroatoms. The van der Waals surface area contributed by atoms with Gasteiger partial charge in [-0.1, -0.05) is 28.1 Å². The van der Waals surface area contributed by atoms with Crippen LogP contribution in [0.1, 0.15) is 6.42 Å². The maximum Gasteiger partial charge on any atom is 0.307 e. The fraction of sp³-hybridized carbons (Fsp3) is 0.333. The molecule has 0 unspecified atom stereocenters. The zero-order valence-electron chi connectivity index (χ0n) is 10.9. The summed E-state index contributed by atoms with van der Waals surface area (Å²) in [6, 6.07) is 4.33. The van der Waals surface area contributed by atoms with Crippen LogP contribution >= 0.6 is 15.9 Å². The van der Waals surface area contributed by atoms with E-state index in [0.29, 0.717) is 10.9 Å². The molecule has 1 fully saturated rings. The smallest absolute Gasteiger partial charge is 0.307 e. The number of amides is 1. The third-order valence-corrected chi connectivity index (χ3v) is 4.73. The molecule has 2 aliphatic carbocycles. The van der Waals surface area contributed by atoms with E-state index < -0.39 is 29.5 Å². The Morgan fingerprint density at radius 2 is 1.90 bits per heavy atom. The van der Waals surface area contributed by atoms with E-state index in [1.165, 1.54) is 12.1 Å². The van der Waals surface area contributed by atoms with E-state index in [1.54, 1.807) is 6.07 Å². The topological polar surface area (TPSA) is 66.4 Å². The Hall–Kier alpha value is -1.69. The predicted molar refractivity (Wildman–Crippen MR) is 78.1 cm³/mol. The molecule has 110 valence electrons. The van der Waals surface area contributed by atoms with Gasteiger partial charge in [-0.25, -0.2) is 4.39 Å². The monoisotopic (exact) mass is 353 g/mol. The summed E-state index contributed by atoms with van der Waals surface area (Å²) in [6.07, 6.45) is 4.44. The molecule has 0 aromatic heterocycles. The van der Waals surface area contributed by atoms with Gasteiger partial charge in [-0.05, 0) is 36.5 Å². The molecule has 1 aromatic rings. The Bertz CT molecular complexity index is 646. The van der Waals surface area contributed by atoms with Crippen molar-refractivity contribution >= 4 is 33.5 Å². The number of carboxylic acid groups (broad SMARTS) is 1. The molecule has 0 saturated heterocycles. The van der Waals surface area contributed by atoms with Crippen LogP contribution in [-0.2, 0) is 9.59 Å². The highest BCUT2D eigenvalue weighted by atomic mass is 79.9. The van der Waals surface area contributed by atoms with Crippen molar-refractivity contribution < 1.29 is 19.1 Å². The lowest BCUT2D eigenvalue weighted by molar-refractivity contribution is -0.146. The highest BCUT2D eigenvalue weighted by Gasteiger charge is 2.51. The summed E-state index contributed by atoms with van der Waals surface area (Å²) in [6.45, 7) is 0. The van der Waals surface area contributed by atoms with Crippen LogP contribution in [-0.4, -0.2) is 17.0 Å². The minimum Gasteiger partial charge on any atom is -0.481 e. The summed E-state index contributed by atoms with van der Waals surface area (Å²) in [5.74, 6) is -3.49. The van der Waals surface area contributed by atoms with Gasteiger partial charge in [0.1, 0.15) is 5.82 Å². The molecule has 2 bridgehead atoms. The van der Waals surface area contributed by atoms with Crippen molar-refractivity contribution in [3.63, 3.8) is 0 Å². The largest absolute Gasteiger partial charge is 0.481 e. The van der Waals surface area contributed by atoms with E-state index in [-0.39, 0.29) is 17.5 Å². The van der Waals surface area contributed by atoms with Crippen LogP contribution < -0.4 is 5.32 Å². The SMILES string of the molecule is O=C(O)[C@@H]1[C@H](C(=O)Nc2ccc(Br)cc2F)[C@@H]2C=C[C@H]1C2. The van der Waals surface area contributed by atoms with Gasteiger partial charge in [-0.3, -0.25) is 9.59 Å². The molecule has 3 rings (SSSR count). The van der Waals surface area contributed by atoms with Crippen molar-refractivity contribution in [2.45, 2.75) is 6.42 Å². The van der Waals surface area contributed by atoms with Crippen molar-refractivity contribution in [1.29, 1.82) is 0 Å². The van der Waals surface area contributed by atoms with Crippen molar-refractivity contribution in [2.75, 3.05) is 5.32 Å². The number of carbonyl (C=O) groups is 2. The maximum atomic E-state index is 13.8. The second-order valence-electron chi connectivity index (χ2n) is 5.45. The number of rotatable bonds is 3. The first-order valence-electron chi connectivity index (χ1n) is 6.64. The van der Waals surface area contributed by atoms with Gasteiger partial charge in [0.2, 0.25) is 5.91 Å². The number of allylic oxidation sites excluding steroid dienone is 2. The number of hydrogen-bond donors (Lipinski definition) is 2. The number of carbonyl (C=O) groups excluding carboxylic acids is 1. The standard InChI is InChI=1S/C15H13BrFNO3/c16-9-3-4-11(10(17)6-9)18-14(19)12-7-1-2-8(5-7)13(12)15(20)21/h1-4,6-8,12-13H,5H2,(H,18,19)(H,20,21)/t7-,8+,12-,13+/m1/s1. The molecule has 2 N–H and O–H groups in total. The summed E-state index contributed by atoms with van der Waals surface area (Å²) in [4.78, 5) is 23.7. The fourth-order valence-corrected chi connectivity index (χ4v) is 3.66. The van der Waals surface area contributed by atoms with Gasteiger partial charge in [0, 0.05) is 4.47 Å². The van der Waals surface area contributed by atoms with Crippen molar-refractivity contribution in [1.82, 2.24) is 0 Å². The van der Waals surface area contributed by atoms with Crippen LogP contribution in [0.2, 0.25) is 0 Å². The third kappa shape index (κ3) is 2.48. The zero-order valence-corrected chi connectivity index (χ0v) is 12.5. The van der Waals surface area contributed by atoms with Gasteiger partial charge >= 0.3 is 5.97 Å². The molecule has 0 aliphatic heterocycles. The Morgan fingerprint density at radius 1 is 1.24 bits per heavy atom. The van der Waals surface area contributed by atoms with Crippen molar-refractivity contribution in [3.8, 4) is 0 Å².